The van der Waals surface area contributed by atoms with E-state index in [1.54, 1.807) is 24.4 Å². The van der Waals surface area contributed by atoms with E-state index in [1.807, 2.05) is 24.3 Å². The number of imide groups is 1. The summed E-state index contributed by atoms with van der Waals surface area (Å²) in [4.78, 5) is 46.0. The molecule has 0 radical (unpaired) electrons. The van der Waals surface area contributed by atoms with Crippen molar-refractivity contribution in [3.05, 3.63) is 71.5 Å². The van der Waals surface area contributed by atoms with Crippen molar-refractivity contribution in [2.75, 3.05) is 31.1 Å². The van der Waals surface area contributed by atoms with Crippen molar-refractivity contribution in [2.24, 2.45) is 0 Å². The van der Waals surface area contributed by atoms with Gasteiger partial charge in [0.1, 0.15) is 0 Å². The molecule has 0 spiro atoms. The van der Waals surface area contributed by atoms with E-state index in [0.29, 0.717) is 23.1 Å². The number of pyridine rings is 1. The Bertz CT molecular complexity index is 1200. The molecule has 2 amide bonds. The van der Waals surface area contributed by atoms with Crippen molar-refractivity contribution >= 4 is 34.2 Å². The van der Waals surface area contributed by atoms with E-state index in [2.05, 4.69) is 9.88 Å². The average Bonchev–Trinajstić information content (AvgIpc) is 2.87. The zero-order valence-corrected chi connectivity index (χ0v) is 18.3. The quantitative estimate of drug-likeness (QED) is 0.325. The number of hydrogen-bond acceptors (Lipinski definition) is 6. The van der Waals surface area contributed by atoms with E-state index in [4.69, 9.17) is 4.74 Å². The number of rotatable bonds is 6. The van der Waals surface area contributed by atoms with Crippen molar-refractivity contribution < 1.29 is 19.1 Å². The lowest BCUT2D eigenvalue weighted by Crippen LogP contribution is -2.41. The van der Waals surface area contributed by atoms with Gasteiger partial charge in [-0.3, -0.25) is 19.5 Å². The molecule has 0 aliphatic carbocycles. The van der Waals surface area contributed by atoms with Crippen LogP contribution in [0, 0.1) is 0 Å². The Balaban J connectivity index is 1.33. The molecule has 0 saturated carbocycles. The van der Waals surface area contributed by atoms with Crippen LogP contribution in [0.15, 0.2) is 54.9 Å². The molecule has 2 aliphatic rings. The van der Waals surface area contributed by atoms with Crippen molar-refractivity contribution in [3.8, 4) is 0 Å². The molecule has 7 nitrogen and oxygen atoms in total. The van der Waals surface area contributed by atoms with Crippen LogP contribution >= 0.6 is 0 Å². The highest BCUT2D eigenvalue weighted by atomic mass is 16.5. The Hall–Kier alpha value is -3.74. The van der Waals surface area contributed by atoms with Crippen LogP contribution < -0.4 is 4.90 Å². The Kier molecular flexibility index (Phi) is 5.77. The fourth-order valence-corrected chi connectivity index (χ4v) is 4.70. The number of piperidine rings is 1. The van der Waals surface area contributed by atoms with Gasteiger partial charge in [0.2, 0.25) is 0 Å². The minimum atomic E-state index is -0.472. The summed E-state index contributed by atoms with van der Waals surface area (Å²) in [6.45, 7) is 2.27. The number of carbonyl (C=O) groups excluding carboxylic acids is 3. The molecule has 2 aromatic carbocycles. The fraction of sp³-hybridized carbons (Fsp3) is 0.308. The molecule has 7 heteroatoms. The first-order valence-electron chi connectivity index (χ1n) is 11.4. The molecule has 1 aromatic heterocycles. The van der Waals surface area contributed by atoms with Crippen LogP contribution in [0.4, 0.5) is 5.69 Å². The molecule has 3 aromatic rings. The van der Waals surface area contributed by atoms with E-state index in [0.717, 1.165) is 42.4 Å². The molecule has 168 valence electrons. The van der Waals surface area contributed by atoms with E-state index < -0.39 is 5.97 Å². The van der Waals surface area contributed by atoms with Gasteiger partial charge in [0.15, 0.2) is 0 Å². The fourth-order valence-electron chi connectivity index (χ4n) is 4.70. The zero-order chi connectivity index (χ0) is 22.8. The Morgan fingerprint density at radius 3 is 2.48 bits per heavy atom. The van der Waals surface area contributed by atoms with Crippen LogP contribution in [0.1, 0.15) is 56.8 Å². The standard InChI is InChI=1S/C26H25N3O4/c30-24-20-9-4-8-19-22(28-13-2-1-3-14-28)11-10-21(23(19)20)25(31)29(24)15-6-16-33-26(32)18-7-5-12-27-17-18/h4-5,7-12,17H,1-3,6,13-16H2. The van der Waals surface area contributed by atoms with Gasteiger partial charge < -0.3 is 9.64 Å². The maximum absolute atomic E-state index is 13.2. The molecule has 0 N–H and O–H groups in total. The highest BCUT2D eigenvalue weighted by Gasteiger charge is 2.33. The summed E-state index contributed by atoms with van der Waals surface area (Å²) in [6.07, 6.45) is 6.93. The van der Waals surface area contributed by atoms with Crippen LogP contribution in [-0.4, -0.2) is 53.9 Å². The number of ether oxygens (including phenoxy) is 1. The number of carbonyl (C=O) groups is 3. The molecule has 0 atom stereocenters. The summed E-state index contributed by atoms with van der Waals surface area (Å²) in [5.41, 5.74) is 2.56. The van der Waals surface area contributed by atoms with Crippen molar-refractivity contribution in [1.82, 2.24) is 9.88 Å². The van der Waals surface area contributed by atoms with Crippen molar-refractivity contribution in [1.29, 1.82) is 0 Å². The van der Waals surface area contributed by atoms with E-state index in [1.165, 1.54) is 17.5 Å². The zero-order valence-electron chi connectivity index (χ0n) is 18.3. The third-order valence-electron chi connectivity index (χ3n) is 6.32. The number of benzene rings is 2. The largest absolute Gasteiger partial charge is 0.462 e. The van der Waals surface area contributed by atoms with Gasteiger partial charge in [-0.15, -0.1) is 0 Å². The lowest BCUT2D eigenvalue weighted by atomic mass is 9.92. The second kappa shape index (κ2) is 9.02. The molecule has 0 bridgehead atoms. The van der Waals surface area contributed by atoms with Crippen molar-refractivity contribution in [2.45, 2.75) is 25.7 Å². The third kappa shape index (κ3) is 3.95. The predicted molar refractivity (Wildman–Crippen MR) is 125 cm³/mol. The minimum absolute atomic E-state index is 0.107. The first-order valence-corrected chi connectivity index (χ1v) is 11.4. The van der Waals surface area contributed by atoms with E-state index in [9.17, 15) is 14.4 Å². The molecule has 0 unspecified atom stereocenters. The monoisotopic (exact) mass is 443 g/mol. The van der Waals surface area contributed by atoms with Crippen LogP contribution in [0.2, 0.25) is 0 Å². The summed E-state index contributed by atoms with van der Waals surface area (Å²) in [5, 5.41) is 1.70. The lowest BCUT2D eigenvalue weighted by Gasteiger charge is -2.32. The Morgan fingerprint density at radius 2 is 1.73 bits per heavy atom. The van der Waals surface area contributed by atoms with Crippen LogP contribution in [0.25, 0.3) is 10.8 Å². The van der Waals surface area contributed by atoms with Gasteiger partial charge in [0.05, 0.1) is 12.2 Å². The Labute approximate surface area is 192 Å². The van der Waals surface area contributed by atoms with Gasteiger partial charge >= 0.3 is 5.97 Å². The first-order chi connectivity index (χ1) is 16.1. The van der Waals surface area contributed by atoms with Gasteiger partial charge in [-0.05, 0) is 56.0 Å². The highest BCUT2D eigenvalue weighted by Crippen LogP contribution is 2.36. The minimum Gasteiger partial charge on any atom is -0.462 e. The summed E-state index contributed by atoms with van der Waals surface area (Å²) >= 11 is 0. The van der Waals surface area contributed by atoms with E-state index in [-0.39, 0.29) is 25.0 Å². The number of anilines is 1. The highest BCUT2D eigenvalue weighted by molar-refractivity contribution is 6.26. The molecule has 5 rings (SSSR count). The number of nitrogens with zero attached hydrogens (tertiary/aromatic N) is 3. The molecule has 1 fully saturated rings. The lowest BCUT2D eigenvalue weighted by molar-refractivity contribution is 0.0476. The normalized spacial score (nSPS) is 15.8. The average molecular weight is 444 g/mol. The summed E-state index contributed by atoms with van der Waals surface area (Å²) in [5.74, 6) is -1.07. The maximum atomic E-state index is 13.2. The molecule has 2 aliphatic heterocycles. The van der Waals surface area contributed by atoms with Crippen LogP contribution in [0.5, 0.6) is 0 Å². The van der Waals surface area contributed by atoms with Gasteiger partial charge in [-0.1, -0.05) is 12.1 Å². The number of hydrogen-bond donors (Lipinski definition) is 0. The third-order valence-corrected chi connectivity index (χ3v) is 6.32. The number of aromatic nitrogens is 1. The summed E-state index contributed by atoms with van der Waals surface area (Å²) < 4.78 is 5.27. The maximum Gasteiger partial charge on any atom is 0.339 e. The van der Waals surface area contributed by atoms with Gasteiger partial charge in [-0.2, -0.15) is 0 Å². The van der Waals surface area contributed by atoms with Gasteiger partial charge in [-0.25, -0.2) is 4.79 Å². The van der Waals surface area contributed by atoms with Crippen molar-refractivity contribution in [3.63, 3.8) is 0 Å². The molecule has 3 heterocycles. The second-order valence-corrected chi connectivity index (χ2v) is 8.40. The summed E-state index contributed by atoms with van der Waals surface area (Å²) in [6, 6.07) is 12.8. The summed E-state index contributed by atoms with van der Waals surface area (Å²) in [7, 11) is 0. The molecular formula is C26H25N3O4. The molecule has 33 heavy (non-hydrogen) atoms. The van der Waals surface area contributed by atoms with Crippen LogP contribution in [0.3, 0.4) is 0 Å². The predicted octanol–water partition coefficient (Wildman–Crippen LogP) is 4.07. The van der Waals surface area contributed by atoms with E-state index >= 15 is 0 Å². The smallest absolute Gasteiger partial charge is 0.339 e. The Morgan fingerprint density at radius 1 is 0.939 bits per heavy atom. The SMILES string of the molecule is O=C(OCCCN1C(=O)c2cccc3c(N4CCCCC4)ccc(c23)C1=O)c1cccnc1. The first kappa shape index (κ1) is 21.1. The molecule has 1 saturated heterocycles. The number of esters is 1. The topological polar surface area (TPSA) is 79.8 Å². The van der Waals surface area contributed by atoms with Gasteiger partial charge in [0, 0.05) is 59.6 Å². The number of amides is 2. The second-order valence-electron chi connectivity index (χ2n) is 8.40. The molecular weight excluding hydrogens is 418 g/mol. The van der Waals surface area contributed by atoms with Crippen LogP contribution in [-0.2, 0) is 4.74 Å². The van der Waals surface area contributed by atoms with Gasteiger partial charge in [0.25, 0.3) is 11.8 Å².